The molecular formula is C30H34N4OS2. The fraction of sp³-hybridized carbons (Fsp3) is 0.333. The highest BCUT2D eigenvalue weighted by Gasteiger charge is 2.21. The summed E-state index contributed by atoms with van der Waals surface area (Å²) in [5.74, 6) is 2.66. The second-order valence-corrected chi connectivity index (χ2v) is 11.7. The molecule has 0 bridgehead atoms. The Balaban J connectivity index is 1.29. The van der Waals surface area contributed by atoms with Crippen molar-refractivity contribution in [3.63, 3.8) is 0 Å². The van der Waals surface area contributed by atoms with Gasteiger partial charge in [-0.15, -0.1) is 0 Å². The summed E-state index contributed by atoms with van der Waals surface area (Å²) in [6.45, 7) is 2.12. The van der Waals surface area contributed by atoms with Crippen molar-refractivity contribution in [1.82, 2.24) is 15.2 Å². The van der Waals surface area contributed by atoms with Crippen molar-refractivity contribution >= 4 is 44.5 Å². The van der Waals surface area contributed by atoms with Crippen molar-refractivity contribution in [1.29, 1.82) is 0 Å². The molecule has 192 valence electrons. The third-order valence-corrected chi connectivity index (χ3v) is 8.92. The normalized spacial score (nSPS) is 14.2. The van der Waals surface area contributed by atoms with Gasteiger partial charge >= 0.3 is 6.03 Å². The first-order chi connectivity index (χ1) is 18.3. The van der Waals surface area contributed by atoms with Crippen LogP contribution < -0.4 is 10.6 Å². The van der Waals surface area contributed by atoms with E-state index in [4.69, 9.17) is 0 Å². The summed E-state index contributed by atoms with van der Waals surface area (Å²) in [7, 11) is 0. The van der Waals surface area contributed by atoms with Gasteiger partial charge in [-0.2, -0.15) is 11.8 Å². The summed E-state index contributed by atoms with van der Waals surface area (Å²) in [6.07, 6.45) is 3.25. The van der Waals surface area contributed by atoms with E-state index in [1.54, 1.807) is 0 Å². The van der Waals surface area contributed by atoms with Gasteiger partial charge in [0.25, 0.3) is 0 Å². The number of rotatable bonds is 10. The molecule has 1 fully saturated rings. The molecule has 1 aliphatic heterocycles. The zero-order valence-electron chi connectivity index (χ0n) is 21.0. The van der Waals surface area contributed by atoms with Crippen LogP contribution in [-0.2, 0) is 0 Å². The lowest BCUT2D eigenvalue weighted by atomic mass is 9.88. The molecule has 7 heteroatoms. The highest BCUT2D eigenvalue weighted by Crippen LogP contribution is 2.29. The number of nitrogens with zero attached hydrogens (tertiary/aromatic N) is 2. The molecule has 5 rings (SSSR count). The Kier molecular flexibility index (Phi) is 9.11. The number of amides is 2. The van der Waals surface area contributed by atoms with Crippen molar-refractivity contribution in [3.8, 4) is 0 Å². The summed E-state index contributed by atoms with van der Waals surface area (Å²) >= 11 is 3.55. The number of carbonyl (C=O) groups is 1. The molecule has 2 heterocycles. The average Bonchev–Trinajstić information content (AvgIpc) is 3.36. The van der Waals surface area contributed by atoms with Crippen molar-refractivity contribution in [2.75, 3.05) is 36.5 Å². The first-order valence-electron chi connectivity index (χ1n) is 13.1. The molecule has 0 aliphatic carbocycles. The molecule has 1 aromatic heterocycles. The summed E-state index contributed by atoms with van der Waals surface area (Å²) in [5.41, 5.74) is 3.47. The van der Waals surface area contributed by atoms with Crippen molar-refractivity contribution in [3.05, 3.63) is 96.1 Å². The highest BCUT2D eigenvalue weighted by atomic mass is 32.2. The number of hydrogen-bond donors (Lipinski definition) is 2. The lowest BCUT2D eigenvalue weighted by Gasteiger charge is -2.28. The van der Waals surface area contributed by atoms with Crippen molar-refractivity contribution in [2.45, 2.75) is 31.2 Å². The van der Waals surface area contributed by atoms with Crippen LogP contribution in [0, 0.1) is 0 Å². The maximum absolute atomic E-state index is 13.5. The number of para-hydroxylation sites is 1. The van der Waals surface area contributed by atoms with Crippen LogP contribution in [0.2, 0.25) is 0 Å². The second kappa shape index (κ2) is 13.1. The Morgan fingerprint density at radius 3 is 2.22 bits per heavy atom. The predicted octanol–water partition coefficient (Wildman–Crippen LogP) is 6.84. The van der Waals surface area contributed by atoms with E-state index in [1.807, 2.05) is 40.9 Å². The predicted molar refractivity (Wildman–Crippen MR) is 158 cm³/mol. The minimum absolute atomic E-state index is 0.0834. The number of thiazole rings is 1. The summed E-state index contributed by atoms with van der Waals surface area (Å²) < 4.78 is 1.08. The van der Waals surface area contributed by atoms with Crippen LogP contribution >= 0.6 is 23.1 Å². The van der Waals surface area contributed by atoms with Gasteiger partial charge in [0, 0.05) is 31.6 Å². The minimum atomic E-state index is -0.0834. The average molecular weight is 531 g/mol. The Bertz CT molecular complexity index is 1190. The lowest BCUT2D eigenvalue weighted by Crippen LogP contribution is -2.43. The number of benzene rings is 3. The number of carbonyl (C=O) groups excluding carboxylic acids is 1. The van der Waals surface area contributed by atoms with Crippen LogP contribution in [0.3, 0.4) is 0 Å². The largest absolute Gasteiger partial charge is 0.323 e. The number of hydrogen-bond acceptors (Lipinski definition) is 5. The van der Waals surface area contributed by atoms with Crippen LogP contribution in [0.25, 0.3) is 10.2 Å². The molecule has 1 saturated heterocycles. The lowest BCUT2D eigenvalue weighted by molar-refractivity contribution is 0.209. The van der Waals surface area contributed by atoms with Gasteiger partial charge in [0.05, 0.1) is 10.2 Å². The third-order valence-electron chi connectivity index (χ3n) is 6.92. The molecule has 37 heavy (non-hydrogen) atoms. The van der Waals surface area contributed by atoms with Crippen LogP contribution in [-0.4, -0.2) is 53.1 Å². The molecule has 0 unspecified atom stereocenters. The van der Waals surface area contributed by atoms with E-state index in [9.17, 15) is 4.79 Å². The molecule has 3 aromatic carbocycles. The van der Waals surface area contributed by atoms with Crippen LogP contribution in [0.5, 0.6) is 0 Å². The molecule has 2 N–H and O–H groups in total. The van der Waals surface area contributed by atoms with Crippen molar-refractivity contribution in [2.24, 2.45) is 0 Å². The molecule has 5 nitrogen and oxygen atoms in total. The number of nitrogens with one attached hydrogen (secondary N) is 2. The maximum atomic E-state index is 13.5. The molecular weight excluding hydrogens is 496 g/mol. The maximum Gasteiger partial charge on any atom is 0.323 e. The summed E-state index contributed by atoms with van der Waals surface area (Å²) in [4.78, 5) is 20.1. The molecule has 0 saturated carbocycles. The third kappa shape index (κ3) is 7.12. The van der Waals surface area contributed by atoms with Gasteiger partial charge in [-0.1, -0.05) is 84.1 Å². The number of thioether (sulfide) groups is 1. The standard InChI is InChI=1S/C30H34N4OS2/c35-30(33-29-32-27-13-7-8-14-28(27)37-29)34(20-18-31-25-16-21-36-22-17-25)19-15-26(23-9-3-1-4-10-23)24-11-5-2-6-12-24/h1-14,25-26,31H,15-22H2,(H,32,33,35). The zero-order valence-corrected chi connectivity index (χ0v) is 22.6. The summed E-state index contributed by atoms with van der Waals surface area (Å²) in [6, 6.07) is 29.7. The van der Waals surface area contributed by atoms with Gasteiger partial charge in [-0.3, -0.25) is 5.32 Å². The number of aromatic nitrogens is 1. The number of anilines is 1. The van der Waals surface area contributed by atoms with Gasteiger partial charge in [-0.25, -0.2) is 9.78 Å². The molecule has 2 amide bonds. The van der Waals surface area contributed by atoms with E-state index < -0.39 is 0 Å². The number of fused-ring (bicyclic) bond motifs is 1. The Morgan fingerprint density at radius 1 is 0.892 bits per heavy atom. The Labute approximate surface area is 227 Å². The second-order valence-electron chi connectivity index (χ2n) is 9.41. The van der Waals surface area contributed by atoms with Gasteiger partial charge in [0.15, 0.2) is 5.13 Å². The minimum Gasteiger partial charge on any atom is -0.323 e. The first kappa shape index (κ1) is 25.8. The Hall–Kier alpha value is -2.87. The van der Waals surface area contributed by atoms with E-state index in [2.05, 4.69) is 76.3 Å². The van der Waals surface area contributed by atoms with Crippen LogP contribution in [0.1, 0.15) is 36.3 Å². The van der Waals surface area contributed by atoms with Gasteiger partial charge in [-0.05, 0) is 54.0 Å². The van der Waals surface area contributed by atoms with Crippen LogP contribution in [0.4, 0.5) is 9.93 Å². The SMILES string of the molecule is O=C(Nc1nc2ccccc2s1)N(CCNC1CCSCC1)CCC(c1ccccc1)c1ccccc1. The zero-order chi connectivity index (χ0) is 25.3. The van der Waals surface area contributed by atoms with E-state index >= 15 is 0 Å². The van der Waals surface area contributed by atoms with E-state index in [1.165, 1.54) is 46.8 Å². The Morgan fingerprint density at radius 2 is 1.54 bits per heavy atom. The molecule has 0 radical (unpaired) electrons. The fourth-order valence-electron chi connectivity index (χ4n) is 4.90. The van der Waals surface area contributed by atoms with E-state index in [0.29, 0.717) is 24.3 Å². The quantitative estimate of drug-likeness (QED) is 0.236. The van der Waals surface area contributed by atoms with Crippen LogP contribution in [0.15, 0.2) is 84.9 Å². The van der Waals surface area contributed by atoms with E-state index in [0.717, 1.165) is 23.2 Å². The number of urea groups is 1. The van der Waals surface area contributed by atoms with Crippen molar-refractivity contribution < 1.29 is 4.79 Å². The van der Waals surface area contributed by atoms with E-state index in [-0.39, 0.29) is 11.9 Å². The molecule has 0 atom stereocenters. The molecule has 4 aromatic rings. The fourth-order valence-corrected chi connectivity index (χ4v) is 6.86. The molecule has 0 spiro atoms. The highest BCUT2D eigenvalue weighted by molar-refractivity contribution is 7.99. The topological polar surface area (TPSA) is 57.3 Å². The monoisotopic (exact) mass is 530 g/mol. The molecule has 1 aliphatic rings. The first-order valence-corrected chi connectivity index (χ1v) is 15.1. The summed E-state index contributed by atoms with van der Waals surface area (Å²) in [5, 5.41) is 7.43. The van der Waals surface area contributed by atoms with Gasteiger partial charge in [0.1, 0.15) is 0 Å². The van der Waals surface area contributed by atoms with Gasteiger partial charge in [0.2, 0.25) is 0 Å². The smallest absolute Gasteiger partial charge is 0.323 e. The van der Waals surface area contributed by atoms with Gasteiger partial charge < -0.3 is 10.2 Å².